The maximum absolute atomic E-state index is 3.56. The Bertz CT molecular complexity index is 350. The molecule has 94 valence electrons. The standard InChI is InChI=1S/C14H22N2S/c1-4-12-9-15-11(2)10-16(12)13-5-7-14(17-3)8-6-13/h5-8,11-12,15H,4,9-10H2,1-3H3. The fourth-order valence-corrected chi connectivity index (χ4v) is 2.82. The first kappa shape index (κ1) is 12.8. The van der Waals surface area contributed by atoms with E-state index < -0.39 is 0 Å². The molecule has 2 nitrogen and oxygen atoms in total. The average Bonchev–Trinajstić information content (AvgIpc) is 2.39. The summed E-state index contributed by atoms with van der Waals surface area (Å²) in [6.45, 7) is 6.74. The molecule has 0 amide bonds. The Kier molecular flexibility index (Phi) is 4.35. The van der Waals surface area contributed by atoms with Crippen LogP contribution in [0.2, 0.25) is 0 Å². The first-order chi connectivity index (χ1) is 8.24. The molecule has 1 aromatic rings. The van der Waals surface area contributed by atoms with Crippen molar-refractivity contribution < 1.29 is 0 Å². The minimum atomic E-state index is 0.582. The Morgan fingerprint density at radius 2 is 2.06 bits per heavy atom. The van der Waals surface area contributed by atoms with Crippen molar-refractivity contribution in [2.45, 2.75) is 37.2 Å². The first-order valence-corrected chi connectivity index (χ1v) is 7.61. The Hall–Kier alpha value is -0.670. The number of rotatable bonds is 3. The normalized spacial score (nSPS) is 25.0. The van der Waals surface area contributed by atoms with E-state index in [0.717, 1.165) is 13.1 Å². The molecule has 17 heavy (non-hydrogen) atoms. The molecule has 0 radical (unpaired) electrons. The average molecular weight is 250 g/mol. The second-order valence-electron chi connectivity index (χ2n) is 4.72. The van der Waals surface area contributed by atoms with Gasteiger partial charge in [-0.2, -0.15) is 0 Å². The lowest BCUT2D eigenvalue weighted by Crippen LogP contribution is -2.55. The lowest BCUT2D eigenvalue weighted by molar-refractivity contribution is 0.402. The third kappa shape index (κ3) is 2.96. The molecular formula is C14H22N2S. The number of nitrogens with one attached hydrogen (secondary N) is 1. The summed E-state index contributed by atoms with van der Waals surface area (Å²) in [5.41, 5.74) is 1.36. The summed E-state index contributed by atoms with van der Waals surface area (Å²) in [5.74, 6) is 0. The summed E-state index contributed by atoms with van der Waals surface area (Å²) in [5, 5.41) is 3.56. The van der Waals surface area contributed by atoms with Crippen LogP contribution in [0.5, 0.6) is 0 Å². The summed E-state index contributed by atoms with van der Waals surface area (Å²) >= 11 is 1.80. The van der Waals surface area contributed by atoms with Gasteiger partial charge in [-0.25, -0.2) is 0 Å². The zero-order valence-electron chi connectivity index (χ0n) is 10.9. The molecule has 1 aliphatic heterocycles. The maximum atomic E-state index is 3.56. The highest BCUT2D eigenvalue weighted by atomic mass is 32.2. The van der Waals surface area contributed by atoms with Gasteiger partial charge in [0.05, 0.1) is 0 Å². The molecule has 0 bridgehead atoms. The number of anilines is 1. The van der Waals surface area contributed by atoms with Gasteiger partial charge >= 0.3 is 0 Å². The quantitative estimate of drug-likeness (QED) is 0.830. The number of piperazine rings is 1. The largest absolute Gasteiger partial charge is 0.366 e. The van der Waals surface area contributed by atoms with Crippen LogP contribution >= 0.6 is 11.8 Å². The molecule has 1 fully saturated rings. The molecule has 1 N–H and O–H groups in total. The van der Waals surface area contributed by atoms with Crippen LogP contribution in [0.1, 0.15) is 20.3 Å². The number of hydrogen-bond acceptors (Lipinski definition) is 3. The molecule has 0 aromatic heterocycles. The zero-order valence-corrected chi connectivity index (χ0v) is 11.8. The monoisotopic (exact) mass is 250 g/mol. The van der Waals surface area contributed by atoms with Crippen LogP contribution in [0.3, 0.4) is 0 Å². The molecule has 2 rings (SSSR count). The first-order valence-electron chi connectivity index (χ1n) is 6.38. The van der Waals surface area contributed by atoms with Crippen molar-refractivity contribution in [3.63, 3.8) is 0 Å². The van der Waals surface area contributed by atoms with E-state index in [-0.39, 0.29) is 0 Å². The molecule has 2 unspecified atom stereocenters. The Morgan fingerprint density at radius 1 is 1.35 bits per heavy atom. The van der Waals surface area contributed by atoms with Gasteiger partial charge in [0.2, 0.25) is 0 Å². The molecule has 0 saturated carbocycles. The van der Waals surface area contributed by atoms with E-state index in [1.807, 2.05) is 0 Å². The molecule has 1 aliphatic rings. The van der Waals surface area contributed by atoms with Crippen LogP contribution in [-0.2, 0) is 0 Å². The van der Waals surface area contributed by atoms with Gasteiger partial charge in [0.25, 0.3) is 0 Å². The predicted octanol–water partition coefficient (Wildman–Crippen LogP) is 2.99. The Morgan fingerprint density at radius 3 is 2.65 bits per heavy atom. The lowest BCUT2D eigenvalue weighted by atomic mass is 10.1. The van der Waals surface area contributed by atoms with Crippen LogP contribution in [0, 0.1) is 0 Å². The second kappa shape index (κ2) is 5.78. The van der Waals surface area contributed by atoms with Gasteiger partial charge in [-0.05, 0) is 43.9 Å². The van der Waals surface area contributed by atoms with E-state index in [2.05, 4.69) is 54.6 Å². The molecular weight excluding hydrogens is 228 g/mol. The van der Waals surface area contributed by atoms with E-state index >= 15 is 0 Å². The third-order valence-corrected chi connectivity index (χ3v) is 4.23. The van der Waals surface area contributed by atoms with Crippen LogP contribution in [-0.4, -0.2) is 31.4 Å². The van der Waals surface area contributed by atoms with Crippen LogP contribution in [0.4, 0.5) is 5.69 Å². The highest BCUT2D eigenvalue weighted by Crippen LogP contribution is 2.24. The molecule has 0 spiro atoms. The van der Waals surface area contributed by atoms with Gasteiger partial charge in [-0.15, -0.1) is 11.8 Å². The number of nitrogens with zero attached hydrogens (tertiary/aromatic N) is 1. The van der Waals surface area contributed by atoms with Crippen molar-refractivity contribution in [2.75, 3.05) is 24.2 Å². The van der Waals surface area contributed by atoms with Crippen molar-refractivity contribution in [3.8, 4) is 0 Å². The van der Waals surface area contributed by atoms with Gasteiger partial charge in [0.1, 0.15) is 0 Å². The zero-order chi connectivity index (χ0) is 12.3. The molecule has 3 heteroatoms. The van der Waals surface area contributed by atoms with Gasteiger partial charge in [0.15, 0.2) is 0 Å². The minimum absolute atomic E-state index is 0.582. The second-order valence-corrected chi connectivity index (χ2v) is 5.60. The third-order valence-electron chi connectivity index (χ3n) is 3.49. The summed E-state index contributed by atoms with van der Waals surface area (Å²) in [4.78, 5) is 3.88. The van der Waals surface area contributed by atoms with Gasteiger partial charge in [-0.1, -0.05) is 6.92 Å². The predicted molar refractivity (Wildman–Crippen MR) is 77.1 cm³/mol. The fraction of sp³-hybridized carbons (Fsp3) is 0.571. The minimum Gasteiger partial charge on any atom is -0.366 e. The topological polar surface area (TPSA) is 15.3 Å². The Balaban J connectivity index is 2.16. The molecule has 0 aliphatic carbocycles. The van der Waals surface area contributed by atoms with Crippen molar-refractivity contribution in [1.82, 2.24) is 5.32 Å². The van der Waals surface area contributed by atoms with Gasteiger partial charge < -0.3 is 10.2 Å². The number of thioether (sulfide) groups is 1. The van der Waals surface area contributed by atoms with Crippen molar-refractivity contribution in [3.05, 3.63) is 24.3 Å². The fourth-order valence-electron chi connectivity index (χ4n) is 2.41. The van der Waals surface area contributed by atoms with Crippen LogP contribution in [0.25, 0.3) is 0 Å². The summed E-state index contributed by atoms with van der Waals surface area (Å²) < 4.78 is 0. The van der Waals surface area contributed by atoms with E-state index in [0.29, 0.717) is 12.1 Å². The van der Waals surface area contributed by atoms with Crippen molar-refractivity contribution in [1.29, 1.82) is 0 Å². The Labute approximate surface area is 109 Å². The highest BCUT2D eigenvalue weighted by molar-refractivity contribution is 7.98. The molecule has 1 aromatic carbocycles. The molecule has 1 heterocycles. The number of hydrogen-bond donors (Lipinski definition) is 1. The van der Waals surface area contributed by atoms with Gasteiger partial charge in [-0.3, -0.25) is 0 Å². The highest BCUT2D eigenvalue weighted by Gasteiger charge is 2.24. The van der Waals surface area contributed by atoms with E-state index in [9.17, 15) is 0 Å². The summed E-state index contributed by atoms with van der Waals surface area (Å²) in [6.07, 6.45) is 3.32. The summed E-state index contributed by atoms with van der Waals surface area (Å²) in [6, 6.07) is 10.2. The van der Waals surface area contributed by atoms with E-state index in [1.54, 1.807) is 11.8 Å². The van der Waals surface area contributed by atoms with Crippen LogP contribution in [0.15, 0.2) is 29.2 Å². The molecule has 1 saturated heterocycles. The van der Waals surface area contributed by atoms with E-state index in [1.165, 1.54) is 17.0 Å². The van der Waals surface area contributed by atoms with Crippen molar-refractivity contribution >= 4 is 17.4 Å². The maximum Gasteiger partial charge on any atom is 0.0412 e. The van der Waals surface area contributed by atoms with Crippen LogP contribution < -0.4 is 10.2 Å². The molecule has 2 atom stereocenters. The smallest absolute Gasteiger partial charge is 0.0412 e. The SMILES string of the molecule is CCC1CNC(C)CN1c1ccc(SC)cc1. The van der Waals surface area contributed by atoms with Crippen molar-refractivity contribution in [2.24, 2.45) is 0 Å². The summed E-state index contributed by atoms with van der Waals surface area (Å²) in [7, 11) is 0. The van der Waals surface area contributed by atoms with Gasteiger partial charge in [0, 0.05) is 35.8 Å². The number of benzene rings is 1. The van der Waals surface area contributed by atoms with E-state index in [4.69, 9.17) is 0 Å². The lowest BCUT2D eigenvalue weighted by Gasteiger charge is -2.40.